The number of hydrogen-bond donors (Lipinski definition) is 1. The van der Waals surface area contributed by atoms with Gasteiger partial charge in [-0.15, -0.1) is 0 Å². The molecule has 0 aromatic heterocycles. The highest BCUT2D eigenvalue weighted by Gasteiger charge is 2.41. The van der Waals surface area contributed by atoms with E-state index in [0.29, 0.717) is 12.0 Å². The summed E-state index contributed by atoms with van der Waals surface area (Å²) in [6, 6.07) is 0.561. The van der Waals surface area contributed by atoms with E-state index >= 15 is 0 Å². The Morgan fingerprint density at radius 1 is 1.25 bits per heavy atom. The summed E-state index contributed by atoms with van der Waals surface area (Å²) in [6.45, 7) is 6.89. The van der Waals surface area contributed by atoms with Crippen LogP contribution < -0.4 is 5.32 Å². The standard InChI is InChI=1S/C13H23NO2/c1-13(2,3)16-12(15)10-5-4-6-11-9(10)7-8-14-11/h9-11,14H,4-8H2,1-3H3/t9-,10?,11-/m0/s1. The third-order valence-corrected chi connectivity index (χ3v) is 3.66. The SMILES string of the molecule is CC(C)(C)OC(=O)C1CCC[C@@H]2NCC[C@@H]12. The van der Waals surface area contributed by atoms with Gasteiger partial charge in [-0.3, -0.25) is 4.79 Å². The molecule has 0 radical (unpaired) electrons. The molecule has 2 rings (SSSR count). The van der Waals surface area contributed by atoms with Gasteiger partial charge in [0.15, 0.2) is 0 Å². The van der Waals surface area contributed by atoms with Crippen molar-refractivity contribution in [3.05, 3.63) is 0 Å². The van der Waals surface area contributed by atoms with Crippen molar-refractivity contribution in [1.82, 2.24) is 5.32 Å². The predicted molar refractivity (Wildman–Crippen MR) is 63.1 cm³/mol. The molecule has 3 heteroatoms. The van der Waals surface area contributed by atoms with E-state index in [4.69, 9.17) is 4.74 Å². The Labute approximate surface area is 97.9 Å². The first kappa shape index (κ1) is 11.9. The Balaban J connectivity index is 2.00. The summed E-state index contributed by atoms with van der Waals surface area (Å²) in [4.78, 5) is 12.1. The summed E-state index contributed by atoms with van der Waals surface area (Å²) < 4.78 is 5.52. The summed E-state index contributed by atoms with van der Waals surface area (Å²) >= 11 is 0. The number of rotatable bonds is 1. The lowest BCUT2D eigenvalue weighted by Gasteiger charge is -2.33. The van der Waals surface area contributed by atoms with Gasteiger partial charge >= 0.3 is 5.97 Å². The molecule has 2 fully saturated rings. The maximum Gasteiger partial charge on any atom is 0.309 e. The lowest BCUT2D eigenvalue weighted by atomic mass is 9.76. The van der Waals surface area contributed by atoms with Gasteiger partial charge in [0.25, 0.3) is 0 Å². The van der Waals surface area contributed by atoms with Crippen molar-refractivity contribution in [3.8, 4) is 0 Å². The molecule has 1 saturated heterocycles. The second-order valence-electron chi connectivity index (χ2n) is 6.08. The van der Waals surface area contributed by atoms with Gasteiger partial charge < -0.3 is 10.1 Å². The molecular weight excluding hydrogens is 202 g/mol. The number of nitrogens with one attached hydrogen (secondary N) is 1. The number of carbonyl (C=O) groups is 1. The van der Waals surface area contributed by atoms with Crippen LogP contribution in [0.3, 0.4) is 0 Å². The Hall–Kier alpha value is -0.570. The van der Waals surface area contributed by atoms with Gasteiger partial charge in [-0.2, -0.15) is 0 Å². The molecule has 16 heavy (non-hydrogen) atoms. The van der Waals surface area contributed by atoms with Crippen molar-refractivity contribution < 1.29 is 9.53 Å². The topological polar surface area (TPSA) is 38.3 Å². The number of ether oxygens (including phenoxy) is 1. The maximum atomic E-state index is 12.1. The fourth-order valence-electron chi connectivity index (χ4n) is 3.03. The number of carbonyl (C=O) groups excluding carboxylic acids is 1. The van der Waals surface area contributed by atoms with E-state index in [1.807, 2.05) is 20.8 Å². The third kappa shape index (κ3) is 2.57. The van der Waals surface area contributed by atoms with Gasteiger partial charge in [0, 0.05) is 6.04 Å². The molecule has 0 aromatic carbocycles. The molecule has 1 heterocycles. The van der Waals surface area contributed by atoms with Crippen molar-refractivity contribution in [3.63, 3.8) is 0 Å². The summed E-state index contributed by atoms with van der Waals surface area (Å²) in [7, 11) is 0. The monoisotopic (exact) mass is 225 g/mol. The zero-order valence-electron chi connectivity index (χ0n) is 10.6. The van der Waals surface area contributed by atoms with Crippen LogP contribution in [0.4, 0.5) is 0 Å². The molecule has 3 nitrogen and oxygen atoms in total. The van der Waals surface area contributed by atoms with Crippen LogP contribution in [0.15, 0.2) is 0 Å². The van der Waals surface area contributed by atoms with E-state index in [1.54, 1.807) is 0 Å². The van der Waals surface area contributed by atoms with Crippen molar-refractivity contribution in [2.24, 2.45) is 11.8 Å². The smallest absolute Gasteiger partial charge is 0.309 e. The first-order chi connectivity index (χ1) is 7.47. The van der Waals surface area contributed by atoms with Crippen LogP contribution in [0, 0.1) is 11.8 Å². The van der Waals surface area contributed by atoms with Gasteiger partial charge in [-0.1, -0.05) is 6.42 Å². The Morgan fingerprint density at radius 2 is 2.00 bits per heavy atom. The average Bonchev–Trinajstić information content (AvgIpc) is 2.61. The van der Waals surface area contributed by atoms with Crippen LogP contribution >= 0.6 is 0 Å². The van der Waals surface area contributed by atoms with Gasteiger partial charge in [0.05, 0.1) is 5.92 Å². The van der Waals surface area contributed by atoms with Gasteiger partial charge in [0.2, 0.25) is 0 Å². The number of hydrogen-bond acceptors (Lipinski definition) is 3. The van der Waals surface area contributed by atoms with E-state index in [9.17, 15) is 4.79 Å². The molecule has 3 atom stereocenters. The van der Waals surface area contributed by atoms with Crippen molar-refractivity contribution in [2.45, 2.75) is 58.1 Å². The normalized spacial score (nSPS) is 34.6. The Morgan fingerprint density at radius 3 is 2.69 bits per heavy atom. The Kier molecular flexibility index (Phi) is 3.24. The fraction of sp³-hybridized carbons (Fsp3) is 0.923. The number of esters is 1. The van der Waals surface area contributed by atoms with Crippen LogP contribution in [0.5, 0.6) is 0 Å². The zero-order valence-corrected chi connectivity index (χ0v) is 10.6. The molecule has 92 valence electrons. The molecule has 1 N–H and O–H groups in total. The van der Waals surface area contributed by atoms with Crippen molar-refractivity contribution in [2.75, 3.05) is 6.54 Å². The second-order valence-corrected chi connectivity index (χ2v) is 6.08. The summed E-state index contributed by atoms with van der Waals surface area (Å²) in [6.07, 6.45) is 4.52. The van der Waals surface area contributed by atoms with E-state index in [0.717, 1.165) is 25.8 Å². The molecule has 0 amide bonds. The predicted octanol–water partition coefficient (Wildman–Crippen LogP) is 2.11. The van der Waals surface area contributed by atoms with E-state index < -0.39 is 0 Å². The molecule has 2 aliphatic rings. The summed E-state index contributed by atoms with van der Waals surface area (Å²) in [5, 5.41) is 3.50. The number of fused-ring (bicyclic) bond motifs is 1. The van der Waals surface area contributed by atoms with Crippen molar-refractivity contribution >= 4 is 5.97 Å². The molecular formula is C13H23NO2. The first-order valence-electron chi connectivity index (χ1n) is 6.43. The van der Waals surface area contributed by atoms with E-state index in [1.165, 1.54) is 6.42 Å². The third-order valence-electron chi connectivity index (χ3n) is 3.66. The Bertz CT molecular complexity index is 270. The highest BCUT2D eigenvalue weighted by molar-refractivity contribution is 5.73. The minimum atomic E-state index is -0.351. The minimum absolute atomic E-state index is 0.0194. The van der Waals surface area contributed by atoms with Crippen LogP contribution in [0.25, 0.3) is 0 Å². The molecule has 0 bridgehead atoms. The first-order valence-corrected chi connectivity index (χ1v) is 6.43. The minimum Gasteiger partial charge on any atom is -0.460 e. The molecule has 0 spiro atoms. The van der Waals surface area contributed by atoms with Crippen LogP contribution in [-0.2, 0) is 9.53 Å². The maximum absolute atomic E-state index is 12.1. The zero-order chi connectivity index (χ0) is 11.8. The highest BCUT2D eigenvalue weighted by atomic mass is 16.6. The second kappa shape index (κ2) is 4.36. The molecule has 1 aliphatic carbocycles. The van der Waals surface area contributed by atoms with Gasteiger partial charge in [0.1, 0.15) is 5.60 Å². The quantitative estimate of drug-likeness (QED) is 0.695. The van der Waals surface area contributed by atoms with Crippen molar-refractivity contribution in [1.29, 1.82) is 0 Å². The van der Waals surface area contributed by atoms with Gasteiger partial charge in [-0.05, 0) is 52.5 Å². The molecule has 1 aliphatic heterocycles. The largest absolute Gasteiger partial charge is 0.460 e. The van der Waals surface area contributed by atoms with E-state index in [2.05, 4.69) is 5.32 Å². The summed E-state index contributed by atoms with van der Waals surface area (Å²) in [5.41, 5.74) is -0.351. The summed E-state index contributed by atoms with van der Waals surface area (Å²) in [5.74, 6) is 0.669. The fourth-order valence-corrected chi connectivity index (χ4v) is 3.03. The lowest BCUT2D eigenvalue weighted by Crippen LogP contribution is -2.40. The lowest BCUT2D eigenvalue weighted by molar-refractivity contribution is -0.163. The van der Waals surface area contributed by atoms with Gasteiger partial charge in [-0.25, -0.2) is 0 Å². The van der Waals surface area contributed by atoms with E-state index in [-0.39, 0.29) is 17.5 Å². The highest BCUT2D eigenvalue weighted by Crippen LogP contribution is 2.36. The molecule has 1 unspecified atom stereocenters. The average molecular weight is 225 g/mol. The van der Waals surface area contributed by atoms with Crippen LogP contribution in [0.1, 0.15) is 46.5 Å². The molecule has 0 aromatic rings. The van der Waals surface area contributed by atoms with Crippen LogP contribution in [-0.4, -0.2) is 24.2 Å². The molecule has 1 saturated carbocycles. The van der Waals surface area contributed by atoms with Crippen LogP contribution in [0.2, 0.25) is 0 Å².